The molecule has 6 fully saturated rings. The fourth-order valence-corrected chi connectivity index (χ4v) is 14.2. The lowest BCUT2D eigenvalue weighted by Crippen LogP contribution is -2.69. The van der Waals surface area contributed by atoms with Crippen LogP contribution in [0.25, 0.3) is 0 Å². The number of fused-ring (bicyclic) bond motifs is 7. The first kappa shape index (κ1) is 47.2. The molecule has 20 atom stereocenters. The summed E-state index contributed by atoms with van der Waals surface area (Å²) in [5, 5.41) is 89.6. The van der Waals surface area contributed by atoms with E-state index in [-0.39, 0.29) is 53.7 Å². The van der Waals surface area contributed by atoms with E-state index in [1.165, 1.54) is 12.7 Å². The zero-order valence-electron chi connectivity index (χ0n) is 37.0. The highest BCUT2D eigenvalue weighted by molar-refractivity contribution is 5.85. The lowest BCUT2D eigenvalue weighted by atomic mass is 9.33. The van der Waals surface area contributed by atoms with E-state index in [4.69, 9.17) is 23.7 Å². The summed E-state index contributed by atoms with van der Waals surface area (Å²) in [7, 11) is 1.43. The lowest BCUT2D eigenvalue weighted by molar-refractivity contribution is -0.357. The number of amides is 1. The number of esters is 1. The molecule has 2 saturated heterocycles. The average Bonchev–Trinajstić information content (AvgIpc) is 3.23. The fraction of sp³-hybridized carbons (Fsp3) is 0.911. The summed E-state index contributed by atoms with van der Waals surface area (Å²) < 4.78 is 28.8. The van der Waals surface area contributed by atoms with Crippen molar-refractivity contribution in [2.75, 3.05) is 33.5 Å². The van der Waals surface area contributed by atoms with Gasteiger partial charge in [0.05, 0.1) is 50.0 Å². The second-order valence-electron chi connectivity index (χ2n) is 21.1. The van der Waals surface area contributed by atoms with Crippen molar-refractivity contribution in [3.05, 3.63) is 11.6 Å². The molecule has 7 aliphatic rings. The van der Waals surface area contributed by atoms with E-state index >= 15 is 0 Å². The fourth-order valence-electron chi connectivity index (χ4n) is 14.2. The van der Waals surface area contributed by atoms with Crippen LogP contribution in [0.4, 0.5) is 0 Å². The Bertz CT molecular complexity index is 1660. The van der Waals surface area contributed by atoms with Crippen LogP contribution in [-0.2, 0) is 33.3 Å². The van der Waals surface area contributed by atoms with Crippen molar-refractivity contribution in [2.45, 2.75) is 173 Å². The molecule has 9 N–H and O–H groups in total. The van der Waals surface area contributed by atoms with Crippen LogP contribution in [0, 0.1) is 50.2 Å². The molecule has 0 aromatic carbocycles. The van der Waals surface area contributed by atoms with Gasteiger partial charge >= 0.3 is 5.97 Å². The minimum absolute atomic E-state index is 0.0775. The maximum Gasteiger partial charge on any atom is 0.311 e. The molecule has 0 aromatic heterocycles. The predicted molar refractivity (Wildman–Crippen MR) is 217 cm³/mol. The number of hydrogen-bond acceptors (Lipinski definition) is 15. The third-order valence-electron chi connectivity index (χ3n) is 18.0. The molecule has 5 aliphatic carbocycles. The van der Waals surface area contributed by atoms with Crippen molar-refractivity contribution in [1.82, 2.24) is 5.32 Å². The quantitative estimate of drug-likeness (QED) is 0.0846. The SMILES string of the molecule is CCCNC(=O)[C@]12CC[C@](C)(C(=O)OC)C[C@H]1C1=CC[C@@H]3[C@@]4(C)C[C@H](O)[C@H](O[C@@H]5OC[C@@H](O[C@@H]6O[C@H](CO)[C@@H](O)[C@H](O)[C@H]6O)[C@H](O)[C@H]5O)[C@@](C)(CO)[C@@H]4CC[C@@]3(C)[C@]1(C)CC2. The molecule has 0 spiro atoms. The minimum Gasteiger partial charge on any atom is -0.469 e. The van der Waals surface area contributed by atoms with Gasteiger partial charge in [0.15, 0.2) is 12.6 Å². The van der Waals surface area contributed by atoms with Gasteiger partial charge in [-0.3, -0.25) is 9.59 Å². The number of aliphatic hydroxyl groups is 8. The Hall–Kier alpha value is -1.80. The third-order valence-corrected chi connectivity index (χ3v) is 18.0. The Labute approximate surface area is 359 Å². The molecular weight excluding hydrogens is 794 g/mol. The predicted octanol–water partition coefficient (Wildman–Crippen LogP) is 1.06. The molecule has 2 aliphatic heterocycles. The van der Waals surface area contributed by atoms with E-state index in [1.807, 2.05) is 20.8 Å². The maximum atomic E-state index is 14.2. The first-order chi connectivity index (χ1) is 28.7. The van der Waals surface area contributed by atoms with Gasteiger partial charge in [-0.1, -0.05) is 46.3 Å². The molecule has 0 aromatic rings. The molecule has 7 rings (SSSR count). The van der Waals surface area contributed by atoms with Crippen LogP contribution >= 0.6 is 0 Å². The molecule has 61 heavy (non-hydrogen) atoms. The Balaban J connectivity index is 1.12. The highest BCUT2D eigenvalue weighted by Crippen LogP contribution is 2.76. The van der Waals surface area contributed by atoms with Crippen LogP contribution in [0.3, 0.4) is 0 Å². The standard InChI is InChI=1S/C45H73NO15/c1-8-17-46-38(55)45-15-13-40(2,39(56)57-7)18-24(45)23-9-10-29-41(3)19-25(49)35(42(4,22-48)28(41)11-12-44(29,6)43(23,5)14-16-45)61-36-33(53)31(51)27(21-58-36)60-37-34(54)32(52)30(50)26(20-47)59-37/h9,24-37,47-54H,8,10-22H2,1-7H3,(H,46,55)/t24-,25-,26+,27+,28+,29+,30+,31-,32-,33+,34+,35-,36-,37-,40-,41-,42-,43+,44+,45-/m0/s1. The molecule has 1 amide bonds. The summed E-state index contributed by atoms with van der Waals surface area (Å²) in [6.45, 7) is 12.2. The van der Waals surface area contributed by atoms with Gasteiger partial charge in [-0.25, -0.2) is 0 Å². The number of nitrogens with one attached hydrogen (secondary N) is 1. The highest BCUT2D eigenvalue weighted by Gasteiger charge is 2.71. The van der Waals surface area contributed by atoms with Gasteiger partial charge in [-0.15, -0.1) is 0 Å². The number of ether oxygens (including phenoxy) is 5. The van der Waals surface area contributed by atoms with Gasteiger partial charge in [0.2, 0.25) is 5.91 Å². The van der Waals surface area contributed by atoms with Gasteiger partial charge < -0.3 is 69.9 Å². The van der Waals surface area contributed by atoms with Gasteiger partial charge in [-0.2, -0.15) is 0 Å². The van der Waals surface area contributed by atoms with E-state index in [1.54, 1.807) is 0 Å². The molecular formula is C45H73NO15. The van der Waals surface area contributed by atoms with E-state index in [2.05, 4.69) is 32.2 Å². The monoisotopic (exact) mass is 867 g/mol. The van der Waals surface area contributed by atoms with Crippen LogP contribution in [0.5, 0.6) is 0 Å². The molecule has 4 saturated carbocycles. The number of aliphatic hydroxyl groups excluding tert-OH is 8. The Morgan fingerprint density at radius 2 is 1.52 bits per heavy atom. The van der Waals surface area contributed by atoms with Gasteiger partial charge in [-0.05, 0) is 105 Å². The van der Waals surface area contributed by atoms with Gasteiger partial charge in [0.25, 0.3) is 0 Å². The largest absolute Gasteiger partial charge is 0.469 e. The smallest absolute Gasteiger partial charge is 0.311 e. The Morgan fingerprint density at radius 1 is 0.836 bits per heavy atom. The molecule has 0 unspecified atom stereocenters. The number of hydrogen-bond donors (Lipinski definition) is 9. The van der Waals surface area contributed by atoms with Gasteiger partial charge in [0, 0.05) is 12.0 Å². The molecule has 16 nitrogen and oxygen atoms in total. The van der Waals surface area contributed by atoms with Crippen molar-refractivity contribution in [3.8, 4) is 0 Å². The number of carbonyl (C=O) groups is 2. The summed E-state index contributed by atoms with van der Waals surface area (Å²) in [6.07, 6.45) is -6.89. The molecule has 16 heteroatoms. The van der Waals surface area contributed by atoms with Crippen molar-refractivity contribution in [3.63, 3.8) is 0 Å². The average molecular weight is 868 g/mol. The summed E-state index contributed by atoms with van der Waals surface area (Å²) >= 11 is 0. The van der Waals surface area contributed by atoms with E-state index in [0.717, 1.165) is 19.3 Å². The zero-order chi connectivity index (χ0) is 44.7. The summed E-state index contributed by atoms with van der Waals surface area (Å²) in [5.74, 6) is -0.337. The molecule has 348 valence electrons. The molecule has 0 bridgehead atoms. The second-order valence-corrected chi connectivity index (χ2v) is 21.1. The van der Waals surface area contributed by atoms with Crippen LogP contribution in [0.1, 0.15) is 106 Å². The zero-order valence-corrected chi connectivity index (χ0v) is 37.0. The Morgan fingerprint density at radius 3 is 2.18 bits per heavy atom. The lowest BCUT2D eigenvalue weighted by Gasteiger charge is -2.72. The van der Waals surface area contributed by atoms with E-state index in [9.17, 15) is 50.4 Å². The van der Waals surface area contributed by atoms with Crippen LogP contribution in [-0.4, -0.2) is 154 Å². The summed E-state index contributed by atoms with van der Waals surface area (Å²) in [4.78, 5) is 27.6. The normalized spacial score (nSPS) is 52.1. The topological polar surface area (TPSA) is 254 Å². The Kier molecular flexibility index (Phi) is 13.1. The van der Waals surface area contributed by atoms with Crippen LogP contribution < -0.4 is 5.32 Å². The van der Waals surface area contributed by atoms with Crippen LogP contribution in [0.2, 0.25) is 0 Å². The molecule has 0 radical (unpaired) electrons. The summed E-state index contributed by atoms with van der Waals surface area (Å²) in [5.41, 5.74) is -2.10. The van der Waals surface area contributed by atoms with Crippen molar-refractivity contribution >= 4 is 11.9 Å². The number of allylic oxidation sites excluding steroid dienone is 2. The van der Waals surface area contributed by atoms with E-state index in [0.29, 0.717) is 51.5 Å². The number of carbonyl (C=O) groups excluding carboxylic acids is 2. The van der Waals surface area contributed by atoms with E-state index < -0.39 is 95.8 Å². The minimum atomic E-state index is -1.72. The first-order valence-electron chi connectivity index (χ1n) is 22.6. The molecule has 2 heterocycles. The van der Waals surface area contributed by atoms with Gasteiger partial charge in [0.1, 0.15) is 42.7 Å². The first-order valence-corrected chi connectivity index (χ1v) is 22.6. The van der Waals surface area contributed by atoms with Crippen molar-refractivity contribution < 1.29 is 74.1 Å². The third kappa shape index (κ3) is 7.16. The van der Waals surface area contributed by atoms with Crippen molar-refractivity contribution in [1.29, 1.82) is 0 Å². The van der Waals surface area contributed by atoms with Crippen molar-refractivity contribution in [2.24, 2.45) is 50.2 Å². The number of rotatable bonds is 10. The summed E-state index contributed by atoms with van der Waals surface area (Å²) in [6, 6.07) is 0. The maximum absolute atomic E-state index is 14.2. The number of methoxy groups -OCH3 is 1. The highest BCUT2D eigenvalue weighted by atomic mass is 16.7. The second kappa shape index (κ2) is 16.9. The van der Waals surface area contributed by atoms with Crippen LogP contribution in [0.15, 0.2) is 11.6 Å².